The van der Waals surface area contributed by atoms with Crippen molar-refractivity contribution in [3.8, 4) is 0 Å². The maximum atomic E-state index is 10.7. The number of nitrogens with zero attached hydrogens (tertiary/aromatic N) is 2. The van der Waals surface area contributed by atoms with Gasteiger partial charge in [-0.05, 0) is 30.5 Å². The molecule has 0 amide bonds. The molecule has 0 saturated carbocycles. The van der Waals surface area contributed by atoms with Crippen molar-refractivity contribution in [2.24, 2.45) is 0 Å². The van der Waals surface area contributed by atoms with Gasteiger partial charge in [0, 0.05) is 25.8 Å². The van der Waals surface area contributed by atoms with Crippen LogP contribution in [0.4, 0.5) is 0 Å². The number of rotatable bonds is 3. The van der Waals surface area contributed by atoms with Crippen LogP contribution in [0, 0.1) is 0 Å². The van der Waals surface area contributed by atoms with Gasteiger partial charge in [-0.1, -0.05) is 36.4 Å². The highest BCUT2D eigenvalue weighted by atomic mass is 35.5. The first-order valence-electron chi connectivity index (χ1n) is 7.16. The molecule has 1 saturated heterocycles. The minimum absolute atomic E-state index is 0. The summed E-state index contributed by atoms with van der Waals surface area (Å²) >= 11 is 0. The van der Waals surface area contributed by atoms with E-state index in [-0.39, 0.29) is 12.4 Å². The fourth-order valence-electron chi connectivity index (χ4n) is 2.82. The van der Waals surface area contributed by atoms with E-state index in [2.05, 4.69) is 34.1 Å². The monoisotopic (exact) mass is 304 g/mol. The predicted molar refractivity (Wildman–Crippen MR) is 86.3 cm³/mol. The Labute approximate surface area is 132 Å². The second-order valence-electron chi connectivity index (χ2n) is 5.51. The summed E-state index contributed by atoms with van der Waals surface area (Å²) in [5.41, 5.74) is 1.38. The zero-order valence-corrected chi connectivity index (χ0v) is 12.8. The molecule has 2 heterocycles. The van der Waals surface area contributed by atoms with Gasteiger partial charge in [0.1, 0.15) is 5.60 Å². The van der Waals surface area contributed by atoms with Gasteiger partial charge in [0.05, 0.1) is 5.69 Å². The maximum absolute atomic E-state index is 10.7. The van der Waals surface area contributed by atoms with Gasteiger partial charge in [0.2, 0.25) is 0 Å². The fourth-order valence-corrected chi connectivity index (χ4v) is 2.82. The molecule has 0 radical (unpaired) electrons. The Bertz CT molecular complexity index is 539. The van der Waals surface area contributed by atoms with Gasteiger partial charge in [-0.2, -0.15) is 0 Å². The zero-order valence-electron chi connectivity index (χ0n) is 12.0. The van der Waals surface area contributed by atoms with Crippen LogP contribution in [0.25, 0.3) is 0 Å². The van der Waals surface area contributed by atoms with E-state index in [0.29, 0.717) is 0 Å². The highest BCUT2D eigenvalue weighted by Crippen LogP contribution is 2.31. The Hall–Kier alpha value is -1.42. The third-order valence-corrected chi connectivity index (χ3v) is 4.07. The summed E-state index contributed by atoms with van der Waals surface area (Å²) in [7, 11) is 0. The molecular weight excluding hydrogens is 284 g/mol. The van der Waals surface area contributed by atoms with Crippen LogP contribution in [0.15, 0.2) is 54.7 Å². The molecule has 1 aromatic heterocycles. The summed E-state index contributed by atoms with van der Waals surface area (Å²) in [6.45, 7) is 2.77. The first-order chi connectivity index (χ1) is 9.76. The number of halogens is 1. The number of aromatic nitrogens is 1. The van der Waals surface area contributed by atoms with E-state index in [9.17, 15) is 5.11 Å². The number of hydrogen-bond donors (Lipinski definition) is 1. The van der Waals surface area contributed by atoms with Crippen LogP contribution in [0.2, 0.25) is 0 Å². The van der Waals surface area contributed by atoms with Crippen molar-refractivity contribution >= 4 is 12.4 Å². The smallest absolute Gasteiger partial charge is 0.109 e. The van der Waals surface area contributed by atoms with Gasteiger partial charge in [-0.25, -0.2) is 0 Å². The number of aliphatic hydroxyl groups is 1. The molecule has 2 aromatic rings. The highest BCUT2D eigenvalue weighted by Gasteiger charge is 2.34. The second kappa shape index (κ2) is 7.03. The molecule has 21 heavy (non-hydrogen) atoms. The van der Waals surface area contributed by atoms with Crippen molar-refractivity contribution < 1.29 is 5.11 Å². The number of likely N-dealkylation sites (tertiary alicyclic amines) is 1. The highest BCUT2D eigenvalue weighted by molar-refractivity contribution is 5.85. The van der Waals surface area contributed by atoms with Crippen molar-refractivity contribution in [3.05, 3.63) is 66.0 Å². The first kappa shape index (κ1) is 16.0. The van der Waals surface area contributed by atoms with Crippen LogP contribution in [-0.2, 0) is 12.1 Å². The SMILES string of the molecule is Cl.OC1(c2ccccn2)CCN(Cc2ccccc2)CC1. The predicted octanol–water partition coefficient (Wildman–Crippen LogP) is 2.99. The van der Waals surface area contributed by atoms with E-state index in [1.807, 2.05) is 24.3 Å². The van der Waals surface area contributed by atoms with Crippen molar-refractivity contribution in [1.82, 2.24) is 9.88 Å². The molecule has 1 aliphatic rings. The second-order valence-corrected chi connectivity index (χ2v) is 5.51. The molecule has 1 aromatic carbocycles. The zero-order chi connectivity index (χ0) is 13.8. The molecule has 1 aliphatic heterocycles. The average Bonchev–Trinajstić information content (AvgIpc) is 2.52. The minimum atomic E-state index is -0.756. The van der Waals surface area contributed by atoms with Gasteiger partial charge in [-0.15, -0.1) is 12.4 Å². The molecule has 0 aliphatic carbocycles. The summed E-state index contributed by atoms with van der Waals surface area (Å²) in [5, 5.41) is 10.7. The quantitative estimate of drug-likeness (QED) is 0.947. The lowest BCUT2D eigenvalue weighted by Crippen LogP contribution is -2.42. The van der Waals surface area contributed by atoms with Gasteiger partial charge in [0.25, 0.3) is 0 Å². The Morgan fingerprint density at radius 2 is 1.67 bits per heavy atom. The van der Waals surface area contributed by atoms with Crippen LogP contribution in [-0.4, -0.2) is 28.1 Å². The molecule has 4 heteroatoms. The Balaban J connectivity index is 0.00000161. The van der Waals surface area contributed by atoms with E-state index in [4.69, 9.17) is 0 Å². The van der Waals surface area contributed by atoms with Crippen molar-refractivity contribution in [2.75, 3.05) is 13.1 Å². The summed E-state index contributed by atoms with van der Waals surface area (Å²) in [6, 6.07) is 16.2. The molecule has 3 rings (SSSR count). The summed E-state index contributed by atoms with van der Waals surface area (Å²) in [4.78, 5) is 6.71. The molecule has 0 spiro atoms. The van der Waals surface area contributed by atoms with E-state index in [1.54, 1.807) is 6.20 Å². The van der Waals surface area contributed by atoms with E-state index in [0.717, 1.165) is 38.2 Å². The Morgan fingerprint density at radius 1 is 1.00 bits per heavy atom. The van der Waals surface area contributed by atoms with Crippen LogP contribution in [0.5, 0.6) is 0 Å². The number of piperidine rings is 1. The molecule has 112 valence electrons. The van der Waals surface area contributed by atoms with Crippen LogP contribution in [0.1, 0.15) is 24.1 Å². The van der Waals surface area contributed by atoms with Crippen LogP contribution < -0.4 is 0 Å². The molecule has 1 fully saturated rings. The molecular formula is C17H21ClN2O. The molecule has 0 unspecified atom stereocenters. The topological polar surface area (TPSA) is 36.4 Å². The molecule has 0 bridgehead atoms. The fraction of sp³-hybridized carbons (Fsp3) is 0.353. The first-order valence-corrected chi connectivity index (χ1v) is 7.16. The van der Waals surface area contributed by atoms with Crippen molar-refractivity contribution in [2.45, 2.75) is 25.0 Å². The third-order valence-electron chi connectivity index (χ3n) is 4.07. The van der Waals surface area contributed by atoms with Crippen molar-refractivity contribution in [1.29, 1.82) is 0 Å². The van der Waals surface area contributed by atoms with Gasteiger partial charge >= 0.3 is 0 Å². The number of hydrogen-bond acceptors (Lipinski definition) is 3. The normalized spacial score (nSPS) is 18.0. The molecule has 0 atom stereocenters. The Kier molecular flexibility index (Phi) is 5.34. The van der Waals surface area contributed by atoms with Crippen molar-refractivity contribution in [3.63, 3.8) is 0 Å². The standard InChI is InChI=1S/C17H20N2O.ClH/c20-17(16-8-4-5-11-18-16)9-12-19(13-10-17)14-15-6-2-1-3-7-15;/h1-8,11,20H,9-10,12-14H2;1H. The van der Waals surface area contributed by atoms with Gasteiger partial charge < -0.3 is 5.11 Å². The molecule has 3 nitrogen and oxygen atoms in total. The lowest BCUT2D eigenvalue weighted by atomic mass is 9.87. The average molecular weight is 305 g/mol. The Morgan fingerprint density at radius 3 is 2.29 bits per heavy atom. The lowest BCUT2D eigenvalue weighted by molar-refractivity contribution is -0.0311. The molecule has 1 N–H and O–H groups in total. The van der Waals surface area contributed by atoms with E-state index >= 15 is 0 Å². The number of pyridine rings is 1. The van der Waals surface area contributed by atoms with E-state index in [1.165, 1.54) is 5.56 Å². The van der Waals surface area contributed by atoms with E-state index < -0.39 is 5.60 Å². The maximum Gasteiger partial charge on any atom is 0.109 e. The summed E-state index contributed by atoms with van der Waals surface area (Å²) < 4.78 is 0. The van der Waals surface area contributed by atoms with Gasteiger partial charge in [0.15, 0.2) is 0 Å². The van der Waals surface area contributed by atoms with Crippen LogP contribution in [0.3, 0.4) is 0 Å². The van der Waals surface area contributed by atoms with Crippen LogP contribution >= 0.6 is 12.4 Å². The third kappa shape index (κ3) is 3.82. The minimum Gasteiger partial charge on any atom is -0.383 e. The summed E-state index contributed by atoms with van der Waals surface area (Å²) in [5.74, 6) is 0. The number of benzene rings is 1. The largest absolute Gasteiger partial charge is 0.383 e. The lowest BCUT2D eigenvalue weighted by Gasteiger charge is -2.37. The van der Waals surface area contributed by atoms with Gasteiger partial charge in [-0.3, -0.25) is 9.88 Å². The summed E-state index contributed by atoms with van der Waals surface area (Å²) in [6.07, 6.45) is 3.25.